The first-order chi connectivity index (χ1) is 23.8. The Morgan fingerprint density at radius 2 is 0.896 bits per heavy atom. The number of fused-ring (bicyclic) bond motifs is 9. The van der Waals surface area contributed by atoms with Gasteiger partial charge in [0, 0.05) is 42.6 Å². The fraction of sp³-hybridized carbons (Fsp3) is 0. The Bertz CT molecular complexity index is 2840. The molecule has 224 valence electrons. The van der Waals surface area contributed by atoms with Crippen molar-refractivity contribution in [3.63, 3.8) is 0 Å². The highest BCUT2D eigenvalue weighted by Crippen LogP contribution is 2.43. The minimum absolute atomic E-state index is 1.13. The average molecular weight is 628 g/mol. The molecule has 48 heavy (non-hydrogen) atoms. The van der Waals surface area contributed by atoms with Crippen molar-refractivity contribution < 1.29 is 0 Å². The minimum atomic E-state index is 1.13. The first-order valence-corrected chi connectivity index (χ1v) is 17.2. The quantitative estimate of drug-likeness (QED) is 0.176. The van der Waals surface area contributed by atoms with Crippen LogP contribution in [0.1, 0.15) is 0 Å². The van der Waals surface area contributed by atoms with Crippen LogP contribution in [0.3, 0.4) is 0 Å². The van der Waals surface area contributed by atoms with Gasteiger partial charge in [-0.05, 0) is 91.3 Å². The SMILES string of the molecule is c1ccc2c(-c3ccc(N(c4ccc5c(ccc6ccccc65)c4)c4ccc5ccc6c7ccccc7sc6c5c4)cc3)cccc2c1. The van der Waals surface area contributed by atoms with E-state index in [1.807, 2.05) is 11.3 Å². The molecule has 0 aliphatic heterocycles. The fourth-order valence-electron chi connectivity index (χ4n) is 7.48. The van der Waals surface area contributed by atoms with E-state index in [4.69, 9.17) is 0 Å². The largest absolute Gasteiger partial charge is 0.310 e. The Kier molecular flexibility index (Phi) is 6.12. The molecule has 1 nitrogen and oxygen atoms in total. The summed E-state index contributed by atoms with van der Waals surface area (Å²) in [7, 11) is 0. The van der Waals surface area contributed by atoms with Crippen LogP contribution < -0.4 is 4.90 Å². The van der Waals surface area contributed by atoms with Gasteiger partial charge in [-0.15, -0.1) is 11.3 Å². The summed E-state index contributed by atoms with van der Waals surface area (Å²) >= 11 is 1.89. The Morgan fingerprint density at radius 3 is 1.77 bits per heavy atom. The first-order valence-electron chi connectivity index (χ1n) is 16.4. The Labute approximate surface area is 282 Å². The van der Waals surface area contributed by atoms with E-state index in [0.29, 0.717) is 0 Å². The molecule has 0 radical (unpaired) electrons. The number of nitrogens with zero attached hydrogens (tertiary/aromatic N) is 1. The molecule has 9 aromatic carbocycles. The number of benzene rings is 9. The summed E-state index contributed by atoms with van der Waals surface area (Å²) in [6.07, 6.45) is 0. The predicted octanol–water partition coefficient (Wildman–Crippen LogP) is 13.8. The summed E-state index contributed by atoms with van der Waals surface area (Å²) in [4.78, 5) is 2.41. The van der Waals surface area contributed by atoms with Crippen LogP contribution in [-0.2, 0) is 0 Å². The summed E-state index contributed by atoms with van der Waals surface area (Å²) < 4.78 is 2.67. The van der Waals surface area contributed by atoms with Gasteiger partial charge < -0.3 is 4.90 Å². The van der Waals surface area contributed by atoms with Crippen LogP contribution in [0, 0.1) is 0 Å². The predicted molar refractivity (Wildman–Crippen MR) is 209 cm³/mol. The van der Waals surface area contributed by atoms with Crippen LogP contribution >= 0.6 is 11.3 Å². The zero-order valence-corrected chi connectivity index (χ0v) is 26.9. The molecule has 0 aliphatic carbocycles. The highest BCUT2D eigenvalue weighted by atomic mass is 32.1. The summed E-state index contributed by atoms with van der Waals surface area (Å²) in [6, 6.07) is 64.6. The van der Waals surface area contributed by atoms with E-state index in [-0.39, 0.29) is 0 Å². The molecular weight excluding hydrogens is 599 g/mol. The lowest BCUT2D eigenvalue weighted by molar-refractivity contribution is 1.30. The normalized spacial score (nSPS) is 11.8. The van der Waals surface area contributed by atoms with E-state index < -0.39 is 0 Å². The highest BCUT2D eigenvalue weighted by molar-refractivity contribution is 7.26. The molecule has 0 aliphatic rings. The smallest absolute Gasteiger partial charge is 0.0468 e. The zero-order chi connectivity index (χ0) is 31.6. The van der Waals surface area contributed by atoms with Gasteiger partial charge in [0.05, 0.1) is 0 Å². The monoisotopic (exact) mass is 627 g/mol. The number of rotatable bonds is 4. The molecule has 0 fully saturated rings. The second-order valence-corrected chi connectivity index (χ2v) is 13.6. The van der Waals surface area contributed by atoms with Gasteiger partial charge in [-0.1, -0.05) is 133 Å². The van der Waals surface area contributed by atoms with Gasteiger partial charge in [0.25, 0.3) is 0 Å². The fourth-order valence-corrected chi connectivity index (χ4v) is 8.71. The molecule has 1 heterocycles. The van der Waals surface area contributed by atoms with Crippen molar-refractivity contribution >= 4 is 91.7 Å². The van der Waals surface area contributed by atoms with Gasteiger partial charge in [-0.2, -0.15) is 0 Å². The van der Waals surface area contributed by atoms with E-state index in [1.54, 1.807) is 0 Å². The number of anilines is 3. The van der Waals surface area contributed by atoms with Gasteiger partial charge in [0.2, 0.25) is 0 Å². The molecule has 1 aromatic heterocycles. The van der Waals surface area contributed by atoms with Crippen LogP contribution in [0.4, 0.5) is 17.1 Å². The van der Waals surface area contributed by atoms with Crippen LogP contribution in [0.5, 0.6) is 0 Å². The van der Waals surface area contributed by atoms with Gasteiger partial charge in [0.15, 0.2) is 0 Å². The molecule has 0 spiro atoms. The topological polar surface area (TPSA) is 3.24 Å². The third kappa shape index (κ3) is 4.31. The van der Waals surface area contributed by atoms with Crippen molar-refractivity contribution in [2.75, 3.05) is 4.90 Å². The van der Waals surface area contributed by atoms with Gasteiger partial charge in [-0.25, -0.2) is 0 Å². The molecule has 0 saturated carbocycles. The molecule has 0 unspecified atom stereocenters. The number of thiophene rings is 1. The van der Waals surface area contributed by atoms with Gasteiger partial charge in [-0.3, -0.25) is 0 Å². The molecule has 10 rings (SSSR count). The van der Waals surface area contributed by atoms with Crippen LogP contribution in [-0.4, -0.2) is 0 Å². The van der Waals surface area contributed by atoms with Crippen molar-refractivity contribution in [1.29, 1.82) is 0 Å². The Balaban J connectivity index is 1.17. The molecule has 0 atom stereocenters. The lowest BCUT2D eigenvalue weighted by Crippen LogP contribution is -2.10. The van der Waals surface area contributed by atoms with E-state index in [9.17, 15) is 0 Å². The van der Waals surface area contributed by atoms with Crippen LogP contribution in [0.25, 0.3) is 74.4 Å². The number of hydrogen-bond acceptors (Lipinski definition) is 2. The second kappa shape index (κ2) is 10.8. The van der Waals surface area contributed by atoms with Crippen molar-refractivity contribution in [2.24, 2.45) is 0 Å². The highest BCUT2D eigenvalue weighted by Gasteiger charge is 2.17. The first kappa shape index (κ1) is 27.2. The van der Waals surface area contributed by atoms with Gasteiger partial charge in [0.1, 0.15) is 0 Å². The molecule has 0 amide bonds. The second-order valence-electron chi connectivity index (χ2n) is 12.5. The zero-order valence-electron chi connectivity index (χ0n) is 26.1. The van der Waals surface area contributed by atoms with Crippen molar-refractivity contribution in [1.82, 2.24) is 0 Å². The summed E-state index contributed by atoms with van der Waals surface area (Å²) in [5.74, 6) is 0. The molecular formula is C46H29NS. The lowest BCUT2D eigenvalue weighted by atomic mass is 9.98. The third-order valence-electron chi connectivity index (χ3n) is 9.82. The maximum atomic E-state index is 2.41. The molecule has 0 N–H and O–H groups in total. The Hall–Kier alpha value is -5.96. The molecule has 0 bridgehead atoms. The van der Waals surface area contributed by atoms with Crippen molar-refractivity contribution in [2.45, 2.75) is 0 Å². The number of hydrogen-bond donors (Lipinski definition) is 0. The summed E-state index contributed by atoms with van der Waals surface area (Å²) in [6.45, 7) is 0. The average Bonchev–Trinajstić information content (AvgIpc) is 3.54. The maximum absolute atomic E-state index is 2.41. The summed E-state index contributed by atoms with van der Waals surface area (Å²) in [5, 5.41) is 12.8. The van der Waals surface area contributed by atoms with Crippen LogP contribution in [0.2, 0.25) is 0 Å². The van der Waals surface area contributed by atoms with E-state index in [0.717, 1.165) is 17.1 Å². The van der Waals surface area contributed by atoms with Crippen molar-refractivity contribution in [3.8, 4) is 11.1 Å². The standard InChI is InChI=1S/C46H29NS/c1-3-11-38-30(8-1)10-7-14-40(38)32-18-22-35(23-19-32)47(36-25-27-41-34(28-36)17-16-31-9-2-4-12-39(31)41)37-24-20-33-21-26-43-42-13-5-6-15-45(42)48-46(43)44(33)29-37/h1-29H. The minimum Gasteiger partial charge on any atom is -0.310 e. The van der Waals surface area contributed by atoms with E-state index in [1.165, 1.54) is 74.4 Å². The maximum Gasteiger partial charge on any atom is 0.0468 e. The van der Waals surface area contributed by atoms with Crippen LogP contribution in [0.15, 0.2) is 176 Å². The lowest BCUT2D eigenvalue weighted by Gasteiger charge is -2.26. The van der Waals surface area contributed by atoms with E-state index >= 15 is 0 Å². The molecule has 2 heteroatoms. The molecule has 10 aromatic rings. The molecule has 0 saturated heterocycles. The third-order valence-corrected chi connectivity index (χ3v) is 11.0. The Morgan fingerprint density at radius 1 is 0.333 bits per heavy atom. The van der Waals surface area contributed by atoms with E-state index in [2.05, 4.69) is 181 Å². The summed E-state index contributed by atoms with van der Waals surface area (Å²) in [5.41, 5.74) is 5.87. The van der Waals surface area contributed by atoms with Crippen molar-refractivity contribution in [3.05, 3.63) is 176 Å². The van der Waals surface area contributed by atoms with Gasteiger partial charge >= 0.3 is 0 Å².